The van der Waals surface area contributed by atoms with Crippen LogP contribution in [0, 0.1) is 0 Å². The Labute approximate surface area is 125 Å². The zero-order valence-electron chi connectivity index (χ0n) is 11.9. The zero-order chi connectivity index (χ0) is 15.1. The Hall–Kier alpha value is -2.14. The van der Waals surface area contributed by atoms with Gasteiger partial charge in [0, 0.05) is 0 Å². The van der Waals surface area contributed by atoms with E-state index in [0.717, 1.165) is 15.5 Å². The second kappa shape index (κ2) is 7.04. The Morgan fingerprint density at radius 1 is 1.00 bits per heavy atom. The smallest absolute Gasteiger partial charge is 0.205 e. The molecule has 0 heterocycles. The Morgan fingerprint density at radius 3 is 2.14 bits per heavy atom. The highest BCUT2D eigenvalue weighted by molar-refractivity contribution is 7.89. The fourth-order valence-corrected chi connectivity index (χ4v) is 2.60. The van der Waals surface area contributed by atoms with E-state index >= 15 is 0 Å². The third-order valence-corrected chi connectivity index (χ3v) is 4.58. The number of rotatable bonds is 6. The standard InChI is InChI=1S/C16H18N2O2S/c1-2-21(19,20)18(14-16-11-7-4-8-12-16)17-13-15-9-5-3-6-10-15/h3-13H,2,14H2,1H3/b17-13-. The fourth-order valence-electron chi connectivity index (χ4n) is 1.77. The van der Waals surface area contributed by atoms with Gasteiger partial charge < -0.3 is 0 Å². The van der Waals surface area contributed by atoms with Crippen molar-refractivity contribution in [1.29, 1.82) is 0 Å². The molecule has 2 aromatic carbocycles. The van der Waals surface area contributed by atoms with Gasteiger partial charge in [-0.3, -0.25) is 0 Å². The van der Waals surface area contributed by atoms with Gasteiger partial charge in [-0.05, 0) is 18.1 Å². The molecule has 0 aliphatic rings. The second-order valence-electron chi connectivity index (χ2n) is 4.52. The summed E-state index contributed by atoms with van der Waals surface area (Å²) in [6.45, 7) is 1.85. The minimum atomic E-state index is -3.39. The number of hydrazone groups is 1. The highest BCUT2D eigenvalue weighted by Crippen LogP contribution is 2.10. The minimum absolute atomic E-state index is 0.0198. The van der Waals surface area contributed by atoms with E-state index in [1.54, 1.807) is 13.1 Å². The summed E-state index contributed by atoms with van der Waals surface area (Å²) in [7, 11) is -3.39. The van der Waals surface area contributed by atoms with Crippen molar-refractivity contribution in [2.75, 3.05) is 5.75 Å². The van der Waals surface area contributed by atoms with Gasteiger partial charge in [-0.1, -0.05) is 60.7 Å². The van der Waals surface area contributed by atoms with Gasteiger partial charge in [-0.25, -0.2) is 8.42 Å². The summed E-state index contributed by atoms with van der Waals surface area (Å²) in [5.41, 5.74) is 1.77. The average Bonchev–Trinajstić information content (AvgIpc) is 2.53. The van der Waals surface area contributed by atoms with Crippen molar-refractivity contribution in [3.8, 4) is 0 Å². The molecule has 0 saturated carbocycles. The normalized spacial score (nSPS) is 11.7. The molecule has 0 amide bonds. The predicted molar refractivity (Wildman–Crippen MR) is 85.5 cm³/mol. The van der Waals surface area contributed by atoms with Gasteiger partial charge in [0.05, 0.1) is 18.5 Å². The number of nitrogens with zero attached hydrogens (tertiary/aromatic N) is 2. The lowest BCUT2D eigenvalue weighted by molar-refractivity contribution is 0.428. The van der Waals surface area contributed by atoms with Crippen LogP contribution in [-0.2, 0) is 16.6 Å². The Balaban J connectivity index is 2.23. The molecule has 110 valence electrons. The zero-order valence-corrected chi connectivity index (χ0v) is 12.7. The molecule has 0 spiro atoms. The number of benzene rings is 2. The SMILES string of the molecule is CCS(=O)(=O)N(Cc1ccccc1)/N=C\c1ccccc1. The van der Waals surface area contributed by atoms with Crippen LogP contribution >= 0.6 is 0 Å². The molecule has 0 unspecified atom stereocenters. The van der Waals surface area contributed by atoms with Crippen LogP contribution in [0.3, 0.4) is 0 Å². The van der Waals surface area contributed by atoms with E-state index in [1.807, 2.05) is 60.7 Å². The third-order valence-electron chi connectivity index (χ3n) is 2.98. The lowest BCUT2D eigenvalue weighted by atomic mass is 10.2. The van der Waals surface area contributed by atoms with E-state index in [0.29, 0.717) is 0 Å². The molecule has 2 rings (SSSR count). The Bertz CT molecular complexity index is 683. The first-order valence-corrected chi connectivity index (χ1v) is 8.36. The molecule has 0 fully saturated rings. The van der Waals surface area contributed by atoms with Crippen molar-refractivity contribution >= 4 is 16.2 Å². The van der Waals surface area contributed by atoms with Crippen LogP contribution in [-0.4, -0.2) is 24.8 Å². The van der Waals surface area contributed by atoms with Crippen molar-refractivity contribution in [1.82, 2.24) is 4.41 Å². The molecular weight excluding hydrogens is 284 g/mol. The molecule has 0 N–H and O–H groups in total. The molecule has 0 atom stereocenters. The van der Waals surface area contributed by atoms with Gasteiger partial charge in [0.25, 0.3) is 0 Å². The van der Waals surface area contributed by atoms with Crippen molar-refractivity contribution in [2.24, 2.45) is 5.10 Å². The fraction of sp³-hybridized carbons (Fsp3) is 0.188. The van der Waals surface area contributed by atoms with Gasteiger partial charge in [0.15, 0.2) is 0 Å². The van der Waals surface area contributed by atoms with E-state index in [4.69, 9.17) is 0 Å². The first-order chi connectivity index (χ1) is 10.1. The van der Waals surface area contributed by atoms with Crippen LogP contribution in [0.2, 0.25) is 0 Å². The van der Waals surface area contributed by atoms with E-state index in [2.05, 4.69) is 5.10 Å². The van der Waals surface area contributed by atoms with Gasteiger partial charge >= 0.3 is 0 Å². The highest BCUT2D eigenvalue weighted by Gasteiger charge is 2.17. The van der Waals surface area contributed by atoms with Gasteiger partial charge in [-0.2, -0.15) is 9.52 Å². The van der Waals surface area contributed by atoms with Crippen LogP contribution in [0.4, 0.5) is 0 Å². The second-order valence-corrected chi connectivity index (χ2v) is 6.68. The van der Waals surface area contributed by atoms with Gasteiger partial charge in [-0.15, -0.1) is 0 Å². The quantitative estimate of drug-likeness (QED) is 0.608. The van der Waals surface area contributed by atoms with Crippen molar-refractivity contribution in [2.45, 2.75) is 13.5 Å². The molecule has 4 nitrogen and oxygen atoms in total. The van der Waals surface area contributed by atoms with E-state index in [1.165, 1.54) is 0 Å². The largest absolute Gasteiger partial charge is 0.249 e. The molecule has 0 radical (unpaired) electrons. The predicted octanol–water partition coefficient (Wildman–Crippen LogP) is 2.87. The van der Waals surface area contributed by atoms with Crippen LogP contribution < -0.4 is 0 Å². The summed E-state index contributed by atoms with van der Waals surface area (Å²) >= 11 is 0. The molecule has 0 bridgehead atoms. The maximum absolute atomic E-state index is 12.1. The average molecular weight is 302 g/mol. The summed E-state index contributed by atoms with van der Waals surface area (Å²) in [5, 5.41) is 4.15. The topological polar surface area (TPSA) is 49.7 Å². The summed E-state index contributed by atoms with van der Waals surface area (Å²) < 4.78 is 25.4. The lowest BCUT2D eigenvalue weighted by Crippen LogP contribution is -2.27. The van der Waals surface area contributed by atoms with E-state index in [9.17, 15) is 8.42 Å². The van der Waals surface area contributed by atoms with Crippen LogP contribution in [0.1, 0.15) is 18.1 Å². The summed E-state index contributed by atoms with van der Waals surface area (Å²) in [4.78, 5) is 0. The number of hydrogen-bond donors (Lipinski definition) is 0. The van der Waals surface area contributed by atoms with Gasteiger partial charge in [0.2, 0.25) is 10.0 Å². The first-order valence-electron chi connectivity index (χ1n) is 6.75. The van der Waals surface area contributed by atoms with Crippen LogP contribution in [0.15, 0.2) is 65.8 Å². The summed E-state index contributed by atoms with van der Waals surface area (Å²) in [5.74, 6) is 0.0198. The molecule has 0 aliphatic heterocycles. The first kappa shape index (κ1) is 15.3. The molecule has 2 aromatic rings. The van der Waals surface area contributed by atoms with Crippen LogP contribution in [0.25, 0.3) is 0 Å². The third kappa shape index (κ3) is 4.43. The number of hydrogen-bond acceptors (Lipinski definition) is 3. The van der Waals surface area contributed by atoms with E-state index in [-0.39, 0.29) is 12.3 Å². The van der Waals surface area contributed by atoms with Gasteiger partial charge in [0.1, 0.15) is 0 Å². The molecule has 0 aromatic heterocycles. The Kier molecular flexibility index (Phi) is 5.11. The van der Waals surface area contributed by atoms with Crippen molar-refractivity contribution in [3.63, 3.8) is 0 Å². The molecule has 21 heavy (non-hydrogen) atoms. The monoisotopic (exact) mass is 302 g/mol. The highest BCUT2D eigenvalue weighted by atomic mass is 32.2. The molecule has 0 aliphatic carbocycles. The van der Waals surface area contributed by atoms with Crippen LogP contribution in [0.5, 0.6) is 0 Å². The van der Waals surface area contributed by atoms with Crippen molar-refractivity contribution in [3.05, 3.63) is 71.8 Å². The number of sulfonamides is 1. The molecular formula is C16H18N2O2S. The minimum Gasteiger partial charge on any atom is -0.205 e. The van der Waals surface area contributed by atoms with E-state index < -0.39 is 10.0 Å². The maximum atomic E-state index is 12.1. The Morgan fingerprint density at radius 2 is 1.57 bits per heavy atom. The molecule has 5 heteroatoms. The maximum Gasteiger partial charge on any atom is 0.249 e. The summed E-state index contributed by atoms with van der Waals surface area (Å²) in [6.07, 6.45) is 1.57. The lowest BCUT2D eigenvalue weighted by Gasteiger charge is -2.18. The van der Waals surface area contributed by atoms with Crippen molar-refractivity contribution < 1.29 is 8.42 Å². The molecule has 0 saturated heterocycles. The summed E-state index contributed by atoms with van der Waals surface area (Å²) in [6, 6.07) is 18.9.